The van der Waals surface area contributed by atoms with Crippen molar-refractivity contribution in [2.45, 2.75) is 45.1 Å². The average molecular weight is 342 g/mol. The summed E-state index contributed by atoms with van der Waals surface area (Å²) in [7, 11) is 1.67. The molecule has 5 nitrogen and oxygen atoms in total. The van der Waals surface area contributed by atoms with Crippen molar-refractivity contribution in [2.75, 3.05) is 13.7 Å². The van der Waals surface area contributed by atoms with E-state index in [9.17, 15) is 0 Å². The molecular formula is C20H26N2O3. The minimum atomic E-state index is 0.324. The van der Waals surface area contributed by atoms with Gasteiger partial charge in [-0.15, -0.1) is 0 Å². The second-order valence-corrected chi connectivity index (χ2v) is 6.35. The van der Waals surface area contributed by atoms with Crippen molar-refractivity contribution >= 4 is 0 Å². The molecule has 1 aliphatic heterocycles. The van der Waals surface area contributed by atoms with Gasteiger partial charge in [-0.1, -0.05) is 6.07 Å². The second kappa shape index (κ2) is 8.83. The van der Waals surface area contributed by atoms with Crippen LogP contribution in [0.3, 0.4) is 0 Å². The van der Waals surface area contributed by atoms with Gasteiger partial charge in [-0.05, 0) is 55.2 Å². The molecule has 0 radical (unpaired) electrons. The molecule has 2 aromatic rings. The van der Waals surface area contributed by atoms with Gasteiger partial charge in [0.05, 0.1) is 13.2 Å². The highest BCUT2D eigenvalue weighted by molar-refractivity contribution is 5.43. The fourth-order valence-electron chi connectivity index (χ4n) is 2.99. The predicted molar refractivity (Wildman–Crippen MR) is 96.8 cm³/mol. The van der Waals surface area contributed by atoms with E-state index in [0.29, 0.717) is 18.8 Å². The highest BCUT2D eigenvalue weighted by atomic mass is 16.5. The number of hydrogen-bond donors (Lipinski definition) is 1. The zero-order valence-electron chi connectivity index (χ0n) is 14.9. The number of ether oxygens (including phenoxy) is 3. The Bertz CT molecular complexity index is 657. The number of nitrogens with zero attached hydrogens (tertiary/aromatic N) is 1. The van der Waals surface area contributed by atoms with Crippen molar-refractivity contribution in [3.8, 4) is 11.5 Å². The van der Waals surface area contributed by atoms with Crippen LogP contribution in [0.2, 0.25) is 0 Å². The summed E-state index contributed by atoms with van der Waals surface area (Å²) < 4.78 is 17.1. The molecule has 1 aromatic carbocycles. The van der Waals surface area contributed by atoms with Gasteiger partial charge in [-0.25, -0.2) is 0 Å². The Balaban J connectivity index is 1.57. The summed E-state index contributed by atoms with van der Waals surface area (Å²) in [5, 5.41) is 3.54. The van der Waals surface area contributed by atoms with Gasteiger partial charge in [0.25, 0.3) is 0 Å². The zero-order chi connectivity index (χ0) is 17.5. The van der Waals surface area contributed by atoms with Gasteiger partial charge in [-0.2, -0.15) is 0 Å². The number of methoxy groups -OCH3 is 1. The van der Waals surface area contributed by atoms with E-state index in [1.165, 1.54) is 0 Å². The molecule has 0 bridgehead atoms. The summed E-state index contributed by atoms with van der Waals surface area (Å²) in [5.41, 5.74) is 2.24. The fraction of sp³-hybridized carbons (Fsp3) is 0.450. The van der Waals surface area contributed by atoms with Crippen molar-refractivity contribution in [3.05, 3.63) is 53.9 Å². The van der Waals surface area contributed by atoms with Crippen LogP contribution in [0.1, 0.15) is 30.9 Å². The molecule has 1 aliphatic rings. The molecule has 2 heterocycles. The van der Waals surface area contributed by atoms with Crippen LogP contribution in [-0.2, 0) is 17.9 Å². The molecule has 1 N–H and O–H groups in total. The first-order valence-electron chi connectivity index (χ1n) is 8.80. The number of hydrogen-bond acceptors (Lipinski definition) is 5. The standard InChI is InChI=1S/C20H26N2O3/c1-15(18-4-3-11-24-18)22-13-17-5-6-19(20(12-17)23-2)25-14-16-7-9-21-10-8-16/h5-10,12,15,18,22H,3-4,11,13-14H2,1-2H3. The molecule has 1 saturated heterocycles. The number of aromatic nitrogens is 1. The van der Waals surface area contributed by atoms with E-state index < -0.39 is 0 Å². The van der Waals surface area contributed by atoms with Gasteiger partial charge in [0, 0.05) is 31.6 Å². The largest absolute Gasteiger partial charge is 0.493 e. The van der Waals surface area contributed by atoms with E-state index in [1.54, 1.807) is 19.5 Å². The summed E-state index contributed by atoms with van der Waals surface area (Å²) in [6.07, 6.45) is 6.15. The first-order chi connectivity index (χ1) is 12.3. The van der Waals surface area contributed by atoms with Crippen molar-refractivity contribution in [3.63, 3.8) is 0 Å². The van der Waals surface area contributed by atoms with Gasteiger partial charge in [0.2, 0.25) is 0 Å². The quantitative estimate of drug-likeness (QED) is 0.797. The minimum Gasteiger partial charge on any atom is -0.493 e. The van der Waals surface area contributed by atoms with Crippen LogP contribution in [0.15, 0.2) is 42.7 Å². The highest BCUT2D eigenvalue weighted by Crippen LogP contribution is 2.29. The van der Waals surface area contributed by atoms with Crippen LogP contribution in [0.25, 0.3) is 0 Å². The molecule has 134 valence electrons. The normalized spacial score (nSPS) is 18.1. The summed E-state index contributed by atoms with van der Waals surface area (Å²) in [4.78, 5) is 4.01. The Kier molecular flexibility index (Phi) is 6.25. The lowest BCUT2D eigenvalue weighted by atomic mass is 10.1. The lowest BCUT2D eigenvalue weighted by Crippen LogP contribution is -2.36. The van der Waals surface area contributed by atoms with E-state index in [2.05, 4.69) is 23.3 Å². The Hall–Kier alpha value is -2.11. The lowest BCUT2D eigenvalue weighted by Gasteiger charge is -2.20. The summed E-state index contributed by atoms with van der Waals surface area (Å²) in [5.74, 6) is 1.49. The monoisotopic (exact) mass is 342 g/mol. The molecule has 0 aliphatic carbocycles. The molecule has 1 fully saturated rings. The fourth-order valence-corrected chi connectivity index (χ4v) is 2.99. The maximum Gasteiger partial charge on any atom is 0.161 e. The first-order valence-corrected chi connectivity index (χ1v) is 8.80. The average Bonchev–Trinajstić information content (AvgIpc) is 3.20. The molecule has 2 atom stereocenters. The van der Waals surface area contributed by atoms with Crippen LogP contribution in [0.4, 0.5) is 0 Å². The van der Waals surface area contributed by atoms with Crippen molar-refractivity contribution < 1.29 is 14.2 Å². The van der Waals surface area contributed by atoms with E-state index >= 15 is 0 Å². The molecule has 2 unspecified atom stereocenters. The van der Waals surface area contributed by atoms with Gasteiger partial charge in [0.15, 0.2) is 11.5 Å². The lowest BCUT2D eigenvalue weighted by molar-refractivity contribution is 0.0832. The van der Waals surface area contributed by atoms with Gasteiger partial charge in [0.1, 0.15) is 6.61 Å². The number of benzene rings is 1. The summed E-state index contributed by atoms with van der Waals surface area (Å²) >= 11 is 0. The van der Waals surface area contributed by atoms with Crippen molar-refractivity contribution in [1.82, 2.24) is 10.3 Å². The van der Waals surface area contributed by atoms with E-state index in [-0.39, 0.29) is 0 Å². The molecule has 0 amide bonds. The van der Waals surface area contributed by atoms with Crippen molar-refractivity contribution in [2.24, 2.45) is 0 Å². The first kappa shape index (κ1) is 17.7. The Labute approximate surface area is 149 Å². The molecule has 25 heavy (non-hydrogen) atoms. The predicted octanol–water partition coefficient (Wildman–Crippen LogP) is 3.33. The topological polar surface area (TPSA) is 52.6 Å². The number of nitrogens with one attached hydrogen (secondary N) is 1. The Morgan fingerprint density at radius 2 is 2.04 bits per heavy atom. The van der Waals surface area contributed by atoms with Crippen LogP contribution in [0.5, 0.6) is 11.5 Å². The zero-order valence-corrected chi connectivity index (χ0v) is 14.9. The van der Waals surface area contributed by atoms with Crippen LogP contribution < -0.4 is 14.8 Å². The van der Waals surface area contributed by atoms with Gasteiger partial charge < -0.3 is 19.5 Å². The van der Waals surface area contributed by atoms with Crippen LogP contribution >= 0.6 is 0 Å². The van der Waals surface area contributed by atoms with Gasteiger partial charge >= 0.3 is 0 Å². The van der Waals surface area contributed by atoms with E-state index in [4.69, 9.17) is 14.2 Å². The molecule has 5 heteroatoms. The summed E-state index contributed by atoms with van der Waals surface area (Å²) in [6.45, 7) is 4.34. The SMILES string of the molecule is COc1cc(CNC(C)C2CCCO2)ccc1OCc1ccncc1. The Morgan fingerprint density at radius 1 is 1.20 bits per heavy atom. The number of rotatable bonds is 8. The third-order valence-corrected chi connectivity index (χ3v) is 4.52. The molecule has 3 rings (SSSR count). The third-order valence-electron chi connectivity index (χ3n) is 4.52. The maximum absolute atomic E-state index is 5.88. The minimum absolute atomic E-state index is 0.324. The Morgan fingerprint density at radius 3 is 2.76 bits per heavy atom. The number of pyridine rings is 1. The second-order valence-electron chi connectivity index (χ2n) is 6.35. The maximum atomic E-state index is 5.88. The van der Waals surface area contributed by atoms with Crippen molar-refractivity contribution in [1.29, 1.82) is 0 Å². The molecular weight excluding hydrogens is 316 g/mol. The van der Waals surface area contributed by atoms with Gasteiger partial charge in [-0.3, -0.25) is 4.98 Å². The third kappa shape index (κ3) is 4.94. The van der Waals surface area contributed by atoms with E-state index in [0.717, 1.165) is 48.6 Å². The molecule has 0 saturated carbocycles. The van der Waals surface area contributed by atoms with E-state index in [1.807, 2.05) is 24.3 Å². The summed E-state index contributed by atoms with van der Waals surface area (Å²) in [6, 6.07) is 10.3. The molecule has 0 spiro atoms. The molecule has 1 aromatic heterocycles. The highest BCUT2D eigenvalue weighted by Gasteiger charge is 2.21. The van der Waals surface area contributed by atoms with Crippen LogP contribution in [0, 0.1) is 0 Å². The van der Waals surface area contributed by atoms with Crippen LogP contribution in [-0.4, -0.2) is 30.8 Å². The smallest absolute Gasteiger partial charge is 0.161 e.